The molecule has 96 valence electrons. The third-order valence-electron chi connectivity index (χ3n) is 2.38. The van der Waals surface area contributed by atoms with Gasteiger partial charge in [0.1, 0.15) is 11.1 Å². The van der Waals surface area contributed by atoms with Gasteiger partial charge in [-0.2, -0.15) is 10.2 Å². The zero-order valence-corrected chi connectivity index (χ0v) is 11.1. The molecule has 0 spiro atoms. The van der Waals surface area contributed by atoms with Crippen molar-refractivity contribution in [3.05, 3.63) is 41.0 Å². The number of benzene rings is 1. The van der Waals surface area contributed by atoms with Crippen molar-refractivity contribution < 1.29 is 0 Å². The Kier molecular flexibility index (Phi) is 4.16. The van der Waals surface area contributed by atoms with Crippen LogP contribution in [0.1, 0.15) is 12.5 Å². The van der Waals surface area contributed by atoms with Gasteiger partial charge in [0, 0.05) is 6.54 Å². The minimum atomic E-state index is 0.398. The van der Waals surface area contributed by atoms with Crippen molar-refractivity contribution >= 4 is 29.1 Å². The molecular formula is C13H12ClN5. The Bertz CT molecular complexity index is 621. The van der Waals surface area contributed by atoms with Crippen LogP contribution in [-0.2, 0) is 0 Å². The lowest BCUT2D eigenvalue weighted by Gasteiger charge is -2.10. The van der Waals surface area contributed by atoms with Gasteiger partial charge in [-0.3, -0.25) is 0 Å². The number of rotatable bonds is 4. The smallest absolute Gasteiger partial charge is 0.224 e. The number of hydrogen-bond acceptors (Lipinski definition) is 5. The van der Waals surface area contributed by atoms with Gasteiger partial charge < -0.3 is 10.6 Å². The lowest BCUT2D eigenvalue weighted by molar-refractivity contribution is 1.09. The van der Waals surface area contributed by atoms with Crippen LogP contribution in [0, 0.1) is 11.3 Å². The predicted octanol–water partition coefficient (Wildman–Crippen LogP) is 3.18. The Balaban J connectivity index is 2.32. The summed E-state index contributed by atoms with van der Waals surface area (Å²) in [5.41, 5.74) is 1.19. The second-order valence-electron chi connectivity index (χ2n) is 3.70. The lowest BCUT2D eigenvalue weighted by atomic mass is 10.2. The first-order valence-corrected chi connectivity index (χ1v) is 6.15. The minimum absolute atomic E-state index is 0.398. The molecular weight excluding hydrogens is 262 g/mol. The Morgan fingerprint density at radius 2 is 2.16 bits per heavy atom. The molecule has 2 N–H and O–H groups in total. The van der Waals surface area contributed by atoms with Gasteiger partial charge in [0.15, 0.2) is 5.82 Å². The molecule has 2 rings (SSSR count). The van der Waals surface area contributed by atoms with Crippen LogP contribution in [0.2, 0.25) is 5.02 Å². The van der Waals surface area contributed by atoms with Crippen LogP contribution in [0.4, 0.5) is 17.5 Å². The highest BCUT2D eigenvalue weighted by Gasteiger charge is 2.07. The van der Waals surface area contributed by atoms with E-state index in [1.807, 2.05) is 13.0 Å². The predicted molar refractivity (Wildman–Crippen MR) is 75.6 cm³/mol. The fourth-order valence-corrected chi connectivity index (χ4v) is 1.65. The maximum absolute atomic E-state index is 9.04. The van der Waals surface area contributed by atoms with Crippen LogP contribution in [0.3, 0.4) is 0 Å². The quantitative estimate of drug-likeness (QED) is 0.895. The zero-order chi connectivity index (χ0) is 13.7. The van der Waals surface area contributed by atoms with Crippen molar-refractivity contribution in [2.75, 3.05) is 17.2 Å². The molecule has 5 nitrogen and oxygen atoms in total. The van der Waals surface area contributed by atoms with E-state index in [-0.39, 0.29) is 0 Å². The van der Waals surface area contributed by atoms with E-state index in [9.17, 15) is 0 Å². The molecule has 0 aliphatic carbocycles. The summed E-state index contributed by atoms with van der Waals surface area (Å²) < 4.78 is 0. The monoisotopic (exact) mass is 273 g/mol. The van der Waals surface area contributed by atoms with Crippen molar-refractivity contribution in [3.8, 4) is 6.07 Å². The largest absolute Gasteiger partial charge is 0.354 e. The summed E-state index contributed by atoms with van der Waals surface area (Å²) in [6.45, 7) is 2.67. The van der Waals surface area contributed by atoms with Crippen LogP contribution < -0.4 is 10.6 Å². The van der Waals surface area contributed by atoms with Gasteiger partial charge in [0.05, 0.1) is 17.4 Å². The van der Waals surface area contributed by atoms with E-state index >= 15 is 0 Å². The Labute approximate surface area is 116 Å². The van der Waals surface area contributed by atoms with Crippen molar-refractivity contribution in [2.24, 2.45) is 0 Å². The Hall–Kier alpha value is -2.32. The molecule has 0 radical (unpaired) electrons. The summed E-state index contributed by atoms with van der Waals surface area (Å²) in [5, 5.41) is 15.5. The molecule has 0 aliphatic heterocycles. The number of nitrogens with one attached hydrogen (secondary N) is 2. The highest BCUT2D eigenvalue weighted by atomic mass is 35.5. The fraction of sp³-hybridized carbons (Fsp3) is 0.154. The van der Waals surface area contributed by atoms with Gasteiger partial charge in [-0.15, -0.1) is 0 Å². The molecule has 6 heteroatoms. The van der Waals surface area contributed by atoms with Crippen LogP contribution in [0.25, 0.3) is 0 Å². The first-order valence-electron chi connectivity index (χ1n) is 5.77. The van der Waals surface area contributed by atoms with Gasteiger partial charge in [-0.05, 0) is 19.1 Å². The van der Waals surface area contributed by atoms with Crippen LogP contribution >= 0.6 is 11.6 Å². The first-order chi connectivity index (χ1) is 9.24. The van der Waals surface area contributed by atoms with E-state index in [2.05, 4.69) is 26.7 Å². The fourth-order valence-electron chi connectivity index (χ4n) is 1.52. The topological polar surface area (TPSA) is 73.6 Å². The highest BCUT2D eigenvalue weighted by Crippen LogP contribution is 2.25. The van der Waals surface area contributed by atoms with Gasteiger partial charge in [-0.1, -0.05) is 23.7 Å². The van der Waals surface area contributed by atoms with Gasteiger partial charge >= 0.3 is 0 Å². The van der Waals surface area contributed by atoms with Crippen molar-refractivity contribution in [3.63, 3.8) is 0 Å². The van der Waals surface area contributed by atoms with Crippen molar-refractivity contribution in [2.45, 2.75) is 6.92 Å². The van der Waals surface area contributed by atoms with Gasteiger partial charge in [-0.25, -0.2) is 4.98 Å². The second kappa shape index (κ2) is 6.03. The molecule has 19 heavy (non-hydrogen) atoms. The van der Waals surface area contributed by atoms with E-state index < -0.39 is 0 Å². The molecule has 1 aromatic carbocycles. The molecule has 1 heterocycles. The van der Waals surface area contributed by atoms with Crippen LogP contribution in [0.5, 0.6) is 0 Å². The summed E-state index contributed by atoms with van der Waals surface area (Å²) in [6.07, 6.45) is 1.52. The van der Waals surface area contributed by atoms with Crippen LogP contribution in [0.15, 0.2) is 30.5 Å². The number of nitrogens with zero attached hydrogens (tertiary/aromatic N) is 3. The molecule has 0 atom stereocenters. The molecule has 0 saturated carbocycles. The molecule has 0 amide bonds. The summed E-state index contributed by atoms with van der Waals surface area (Å²) in [5.74, 6) is 0.958. The molecule has 0 bridgehead atoms. The van der Waals surface area contributed by atoms with E-state index in [0.29, 0.717) is 28.0 Å². The number of halogens is 1. The molecule has 0 aliphatic rings. The van der Waals surface area contributed by atoms with E-state index in [1.165, 1.54) is 6.20 Å². The normalized spacial score (nSPS) is 9.74. The molecule has 2 aromatic rings. The van der Waals surface area contributed by atoms with E-state index in [0.717, 1.165) is 6.54 Å². The average Bonchev–Trinajstić information content (AvgIpc) is 2.43. The maximum atomic E-state index is 9.04. The second-order valence-corrected chi connectivity index (χ2v) is 4.11. The Morgan fingerprint density at radius 1 is 1.37 bits per heavy atom. The van der Waals surface area contributed by atoms with Gasteiger partial charge in [0.25, 0.3) is 0 Å². The number of para-hydroxylation sites is 1. The number of aromatic nitrogens is 2. The number of anilines is 3. The molecule has 0 fully saturated rings. The maximum Gasteiger partial charge on any atom is 0.224 e. The zero-order valence-electron chi connectivity index (χ0n) is 10.3. The van der Waals surface area contributed by atoms with Gasteiger partial charge in [0.2, 0.25) is 5.95 Å². The third kappa shape index (κ3) is 3.12. The summed E-state index contributed by atoms with van der Waals surface area (Å²) >= 11 is 6.04. The van der Waals surface area contributed by atoms with E-state index in [4.69, 9.17) is 16.9 Å². The van der Waals surface area contributed by atoms with Crippen molar-refractivity contribution in [1.29, 1.82) is 5.26 Å². The number of nitriles is 1. The summed E-state index contributed by atoms with van der Waals surface area (Å²) in [7, 11) is 0. The summed E-state index contributed by atoms with van der Waals surface area (Å²) in [6, 6.07) is 9.27. The number of hydrogen-bond donors (Lipinski definition) is 2. The summed E-state index contributed by atoms with van der Waals surface area (Å²) in [4.78, 5) is 8.31. The highest BCUT2D eigenvalue weighted by molar-refractivity contribution is 6.32. The van der Waals surface area contributed by atoms with Crippen molar-refractivity contribution in [1.82, 2.24) is 9.97 Å². The SMILES string of the molecule is CCNc1ncc(Cl)c(Nc2ccccc2C#N)n1. The molecule has 1 aromatic heterocycles. The minimum Gasteiger partial charge on any atom is -0.354 e. The first kappa shape index (κ1) is 13.1. The van der Waals surface area contributed by atoms with Crippen LogP contribution in [-0.4, -0.2) is 16.5 Å². The van der Waals surface area contributed by atoms with E-state index in [1.54, 1.807) is 18.2 Å². The average molecular weight is 274 g/mol. The Morgan fingerprint density at radius 3 is 2.89 bits per heavy atom. The molecule has 0 saturated heterocycles. The third-order valence-corrected chi connectivity index (χ3v) is 2.66. The molecule has 0 unspecified atom stereocenters. The lowest BCUT2D eigenvalue weighted by Crippen LogP contribution is -2.04. The standard InChI is InChI=1S/C13H12ClN5/c1-2-16-13-17-8-10(14)12(19-13)18-11-6-4-3-5-9(11)7-15/h3-6,8H,2H2,1H3,(H2,16,17,18,19).